The van der Waals surface area contributed by atoms with Crippen LogP contribution in [0, 0.1) is 40.5 Å². The van der Waals surface area contributed by atoms with E-state index in [1.807, 2.05) is 0 Å². The molecule has 0 spiro atoms. The number of hydrogen-bond donors (Lipinski definition) is 1. The second-order valence-corrected chi connectivity index (χ2v) is 2.68. The predicted molar refractivity (Wildman–Crippen MR) is 41.3 cm³/mol. The summed E-state index contributed by atoms with van der Waals surface area (Å²) in [5.74, 6) is -4.56. The SMILES string of the molecule is CC([N+](=O)[O-])([N+](=O)[O-])C(O)([N+](=O)[O-])[N+](=O)[O-]. The Bertz CT molecular complexity index is 311. The van der Waals surface area contributed by atoms with Crippen molar-refractivity contribution in [3.05, 3.63) is 40.5 Å². The predicted octanol–water partition coefficient (Wildman–Crippen LogP) is -1.54. The molecule has 16 heavy (non-hydrogen) atoms. The minimum absolute atomic E-state index is 0.0292. The van der Waals surface area contributed by atoms with Crippen LogP contribution in [0.2, 0.25) is 0 Å². The van der Waals surface area contributed by atoms with E-state index >= 15 is 0 Å². The van der Waals surface area contributed by atoms with E-state index in [1.165, 1.54) is 0 Å². The number of aliphatic hydroxyl groups is 1. The van der Waals surface area contributed by atoms with Gasteiger partial charge in [0.2, 0.25) is 0 Å². The topological polar surface area (TPSA) is 193 Å². The van der Waals surface area contributed by atoms with E-state index in [1.54, 1.807) is 0 Å². The van der Waals surface area contributed by atoms with Crippen molar-refractivity contribution >= 4 is 0 Å². The molecule has 0 aliphatic heterocycles. The van der Waals surface area contributed by atoms with Crippen LogP contribution in [0.25, 0.3) is 0 Å². The van der Waals surface area contributed by atoms with Crippen molar-refractivity contribution in [3.63, 3.8) is 0 Å². The Balaban J connectivity index is 6.05. The van der Waals surface area contributed by atoms with Gasteiger partial charge >= 0.3 is 11.5 Å². The van der Waals surface area contributed by atoms with E-state index in [9.17, 15) is 40.5 Å². The quantitative estimate of drug-likeness (QED) is 0.336. The first-order valence-electron chi connectivity index (χ1n) is 3.33. The standard InChI is InChI=1S/C3H4N4O9/c1-2(4(9)10,5(11)12)3(8,6(13)14)7(15)16/h8H,1H3. The highest BCUT2D eigenvalue weighted by Crippen LogP contribution is 2.27. The van der Waals surface area contributed by atoms with Crippen molar-refractivity contribution in [3.8, 4) is 0 Å². The normalized spacial score (nSPS) is 11.9. The summed E-state index contributed by atoms with van der Waals surface area (Å²) in [6, 6.07) is 0. The Morgan fingerprint density at radius 3 is 1.12 bits per heavy atom. The first kappa shape index (κ1) is 13.6. The summed E-state index contributed by atoms with van der Waals surface area (Å²) in [5.41, 5.74) is -4.00. The summed E-state index contributed by atoms with van der Waals surface area (Å²) >= 11 is 0. The lowest BCUT2D eigenvalue weighted by atomic mass is 10.1. The summed E-state index contributed by atoms with van der Waals surface area (Å²) in [4.78, 5) is 33.1. The fourth-order valence-electron chi connectivity index (χ4n) is 0.724. The maximum atomic E-state index is 10.3. The van der Waals surface area contributed by atoms with E-state index < -0.39 is 31.2 Å². The van der Waals surface area contributed by atoms with Gasteiger partial charge in [-0.3, -0.25) is 45.6 Å². The third kappa shape index (κ3) is 1.38. The Hall–Kier alpha value is -2.44. The van der Waals surface area contributed by atoms with Gasteiger partial charge in [-0.25, -0.2) is 0 Å². The molecule has 0 amide bonds. The van der Waals surface area contributed by atoms with Crippen molar-refractivity contribution in [2.75, 3.05) is 0 Å². The van der Waals surface area contributed by atoms with Crippen molar-refractivity contribution in [2.24, 2.45) is 0 Å². The van der Waals surface area contributed by atoms with Gasteiger partial charge in [0.1, 0.15) is 19.7 Å². The first-order chi connectivity index (χ1) is 7.02. The van der Waals surface area contributed by atoms with Crippen LogP contribution in [-0.2, 0) is 0 Å². The molecule has 0 fully saturated rings. The Kier molecular flexibility index (Phi) is 3.06. The number of hydrogen-bond acceptors (Lipinski definition) is 9. The maximum Gasteiger partial charge on any atom is 0.719 e. The lowest BCUT2D eigenvalue weighted by Gasteiger charge is -2.15. The molecular formula is C3H4N4O9. The number of rotatable bonds is 5. The van der Waals surface area contributed by atoms with Crippen LogP contribution in [0.1, 0.15) is 6.92 Å². The van der Waals surface area contributed by atoms with Gasteiger partial charge in [0.05, 0.1) is 6.92 Å². The highest BCUT2D eigenvalue weighted by Gasteiger charge is 2.89. The molecule has 0 saturated carbocycles. The molecule has 0 heterocycles. The molecule has 90 valence electrons. The molecule has 0 aromatic heterocycles. The summed E-state index contributed by atoms with van der Waals surface area (Å²) < 4.78 is 0. The van der Waals surface area contributed by atoms with Gasteiger partial charge in [-0.15, -0.1) is 0 Å². The molecule has 0 aliphatic rings. The summed E-state index contributed by atoms with van der Waals surface area (Å²) in [6.45, 7) is -0.0292. The Labute approximate surface area is 84.9 Å². The summed E-state index contributed by atoms with van der Waals surface area (Å²) in [5, 5.41) is 50.0. The molecule has 0 unspecified atom stereocenters. The zero-order valence-electron chi connectivity index (χ0n) is 7.50. The van der Waals surface area contributed by atoms with Gasteiger partial charge in [0.15, 0.2) is 0 Å². The van der Waals surface area contributed by atoms with Crippen molar-refractivity contribution in [1.29, 1.82) is 0 Å². The minimum atomic E-state index is -4.56. The van der Waals surface area contributed by atoms with Crippen LogP contribution in [0.4, 0.5) is 0 Å². The van der Waals surface area contributed by atoms with E-state index in [0.29, 0.717) is 0 Å². The Morgan fingerprint density at radius 2 is 1.06 bits per heavy atom. The molecule has 13 heteroatoms. The highest BCUT2D eigenvalue weighted by molar-refractivity contribution is 4.70. The molecule has 0 aliphatic carbocycles. The molecule has 0 saturated heterocycles. The number of nitrogens with zero attached hydrogens (tertiary/aromatic N) is 4. The molecule has 0 bridgehead atoms. The molecule has 1 N–H and O–H groups in total. The highest BCUT2D eigenvalue weighted by atomic mass is 16.8. The van der Waals surface area contributed by atoms with Crippen molar-refractivity contribution in [2.45, 2.75) is 18.4 Å². The zero-order chi connectivity index (χ0) is 13.3. The van der Waals surface area contributed by atoms with E-state index in [2.05, 4.69) is 0 Å². The average Bonchev–Trinajstić information content (AvgIpc) is 2.13. The van der Waals surface area contributed by atoms with Crippen LogP contribution in [0.15, 0.2) is 0 Å². The second-order valence-electron chi connectivity index (χ2n) is 2.68. The van der Waals surface area contributed by atoms with Crippen LogP contribution in [0.5, 0.6) is 0 Å². The fourth-order valence-corrected chi connectivity index (χ4v) is 0.724. The van der Waals surface area contributed by atoms with Gasteiger partial charge in [-0.2, -0.15) is 0 Å². The van der Waals surface area contributed by atoms with Gasteiger partial charge in [-0.05, 0) is 0 Å². The van der Waals surface area contributed by atoms with Gasteiger partial charge < -0.3 is 0 Å². The van der Waals surface area contributed by atoms with Crippen LogP contribution < -0.4 is 0 Å². The fraction of sp³-hybridized carbons (Fsp3) is 1.00. The Morgan fingerprint density at radius 1 is 0.812 bits per heavy atom. The third-order valence-electron chi connectivity index (χ3n) is 1.86. The van der Waals surface area contributed by atoms with E-state index in [4.69, 9.17) is 5.11 Å². The molecule has 0 atom stereocenters. The largest absolute Gasteiger partial charge is 0.719 e. The minimum Gasteiger partial charge on any atom is -0.258 e. The van der Waals surface area contributed by atoms with Crippen LogP contribution >= 0.6 is 0 Å². The smallest absolute Gasteiger partial charge is 0.258 e. The lowest BCUT2D eigenvalue weighted by molar-refractivity contribution is -0.967. The monoisotopic (exact) mass is 240 g/mol. The van der Waals surface area contributed by atoms with Gasteiger partial charge in [0.25, 0.3) is 0 Å². The van der Waals surface area contributed by atoms with Crippen LogP contribution in [0.3, 0.4) is 0 Å². The summed E-state index contributed by atoms with van der Waals surface area (Å²) in [7, 11) is 0. The van der Waals surface area contributed by atoms with Gasteiger partial charge in [0, 0.05) is 0 Å². The van der Waals surface area contributed by atoms with Crippen molar-refractivity contribution in [1.82, 2.24) is 0 Å². The van der Waals surface area contributed by atoms with Crippen LogP contribution in [-0.4, -0.2) is 36.3 Å². The maximum absolute atomic E-state index is 10.3. The molecule has 13 nitrogen and oxygen atoms in total. The molecule has 0 aromatic rings. The third-order valence-corrected chi connectivity index (χ3v) is 1.86. The number of nitro groups is 4. The first-order valence-corrected chi connectivity index (χ1v) is 3.33. The van der Waals surface area contributed by atoms with Crippen molar-refractivity contribution < 1.29 is 24.8 Å². The lowest BCUT2D eigenvalue weighted by Crippen LogP contribution is -2.69. The average molecular weight is 240 g/mol. The van der Waals surface area contributed by atoms with Gasteiger partial charge in [-0.1, -0.05) is 0 Å². The summed E-state index contributed by atoms with van der Waals surface area (Å²) in [6.07, 6.45) is 0. The zero-order valence-corrected chi connectivity index (χ0v) is 7.50. The van der Waals surface area contributed by atoms with E-state index in [0.717, 1.165) is 0 Å². The molecule has 0 aromatic carbocycles. The van der Waals surface area contributed by atoms with E-state index in [-0.39, 0.29) is 6.92 Å². The molecular weight excluding hydrogens is 236 g/mol. The molecule has 0 rings (SSSR count). The molecule has 0 radical (unpaired) electrons. The second kappa shape index (κ2) is 3.61.